The molecular weight excluding hydrogens is 132 g/mol. The van der Waals surface area contributed by atoms with Gasteiger partial charge in [-0.2, -0.15) is 0 Å². The summed E-state index contributed by atoms with van der Waals surface area (Å²) in [7, 11) is 0. The summed E-state index contributed by atoms with van der Waals surface area (Å²) in [6.07, 6.45) is 2.55. The van der Waals surface area contributed by atoms with Crippen LogP contribution in [0.2, 0.25) is 0 Å². The SMILES string of the molecule is [2H]CC[C@@H]1[C@H]([2H])[C@@H]2C[C@H]1[C@@H]([2H])[C@H]2CC[2H]. The molecule has 0 heteroatoms. The van der Waals surface area contributed by atoms with Crippen LogP contribution in [0, 0.1) is 23.7 Å². The lowest BCUT2D eigenvalue weighted by molar-refractivity contribution is 0.247. The first-order chi connectivity index (χ1) is 7.20. The van der Waals surface area contributed by atoms with Gasteiger partial charge in [0.15, 0.2) is 0 Å². The second-order valence-electron chi connectivity index (χ2n) is 3.85. The molecule has 0 unspecified atom stereocenters. The highest BCUT2D eigenvalue weighted by molar-refractivity contribution is 4.93. The standard InChI is InChI=1S/C11H20/c1-3-8-5-11-7-10(8)6-9(11)4-2/h8-11H,3-7H2,1-2H3/t8-,9-,10-,11-/m1/s1/i1D,2D,5D,6D/t5-,6-,8+,9+,10+,11+/m0. The Kier molecular flexibility index (Phi) is 1.09. The maximum atomic E-state index is 8.15. The van der Waals surface area contributed by atoms with Gasteiger partial charge in [0.25, 0.3) is 0 Å². The van der Waals surface area contributed by atoms with E-state index in [1.807, 2.05) is 0 Å². The van der Waals surface area contributed by atoms with E-state index in [2.05, 4.69) is 0 Å². The predicted molar refractivity (Wildman–Crippen MR) is 48.4 cm³/mol. The average Bonchev–Trinajstić information content (AvgIpc) is 2.68. The van der Waals surface area contributed by atoms with Crippen molar-refractivity contribution in [2.24, 2.45) is 23.7 Å². The third-order valence-electron chi connectivity index (χ3n) is 3.30. The number of hydrogen-bond acceptors (Lipinski definition) is 0. The third kappa shape index (κ3) is 1.11. The minimum absolute atomic E-state index is 0.0431. The van der Waals surface area contributed by atoms with Crippen LogP contribution in [0.25, 0.3) is 0 Å². The zero-order chi connectivity index (χ0) is 11.0. The molecule has 2 aliphatic rings. The van der Waals surface area contributed by atoms with Gasteiger partial charge in [-0.15, -0.1) is 0 Å². The first kappa shape index (κ1) is 4.30. The van der Waals surface area contributed by atoms with Gasteiger partial charge in [-0.3, -0.25) is 0 Å². The fourth-order valence-corrected chi connectivity index (χ4v) is 2.65. The van der Waals surface area contributed by atoms with Gasteiger partial charge in [0.05, 0.1) is 0 Å². The lowest BCUT2D eigenvalue weighted by Gasteiger charge is -2.26. The van der Waals surface area contributed by atoms with Gasteiger partial charge in [0.1, 0.15) is 0 Å². The summed E-state index contributed by atoms with van der Waals surface area (Å²) in [5, 5.41) is 0. The molecule has 2 saturated carbocycles. The van der Waals surface area contributed by atoms with E-state index < -0.39 is 0 Å². The molecule has 0 spiro atoms. The summed E-state index contributed by atoms with van der Waals surface area (Å²) < 4.78 is 30.8. The summed E-state index contributed by atoms with van der Waals surface area (Å²) in [6.45, 7) is 0.804. The highest BCUT2D eigenvalue weighted by Gasteiger charge is 2.43. The first-order valence-corrected chi connectivity index (χ1v) is 4.63. The largest absolute Gasteiger partial charge is 0.0651 e. The summed E-state index contributed by atoms with van der Waals surface area (Å²) in [5.74, 6) is 1.33. The molecule has 0 radical (unpaired) electrons. The van der Waals surface area contributed by atoms with Crippen LogP contribution in [-0.4, -0.2) is 0 Å². The zero-order valence-corrected chi connectivity index (χ0v) is 7.00. The Morgan fingerprint density at radius 2 is 1.73 bits per heavy atom. The highest BCUT2D eigenvalue weighted by atomic mass is 14.5. The molecule has 2 fully saturated rings. The topological polar surface area (TPSA) is 0 Å². The summed E-state index contributed by atoms with van der Waals surface area (Å²) >= 11 is 0. The first-order valence-electron chi connectivity index (χ1n) is 7.20. The van der Waals surface area contributed by atoms with Gasteiger partial charge in [-0.1, -0.05) is 26.6 Å². The molecule has 0 nitrogen and oxygen atoms in total. The van der Waals surface area contributed by atoms with Crippen molar-refractivity contribution < 1.29 is 5.48 Å². The monoisotopic (exact) mass is 156 g/mol. The fourth-order valence-electron chi connectivity index (χ4n) is 2.65. The molecule has 0 aromatic rings. The predicted octanol–water partition coefficient (Wildman–Crippen LogP) is 3.47. The molecule has 0 aromatic heterocycles. The van der Waals surface area contributed by atoms with Crippen LogP contribution in [-0.2, 0) is 0 Å². The molecule has 11 heavy (non-hydrogen) atoms. The Hall–Kier alpha value is 0. The molecule has 2 aliphatic carbocycles. The van der Waals surface area contributed by atoms with Crippen LogP contribution < -0.4 is 0 Å². The average molecular weight is 156 g/mol. The van der Waals surface area contributed by atoms with Crippen molar-refractivity contribution in [2.75, 3.05) is 0 Å². The quantitative estimate of drug-likeness (QED) is 0.574. The maximum absolute atomic E-state index is 8.15. The van der Waals surface area contributed by atoms with E-state index in [1.54, 1.807) is 0 Å². The molecule has 0 aromatic carbocycles. The lowest BCUT2D eigenvalue weighted by Crippen LogP contribution is -2.16. The van der Waals surface area contributed by atoms with Crippen molar-refractivity contribution >= 4 is 0 Å². The van der Waals surface area contributed by atoms with Crippen LogP contribution in [0.15, 0.2) is 0 Å². The van der Waals surface area contributed by atoms with Crippen molar-refractivity contribution in [3.05, 3.63) is 0 Å². The normalized spacial score (nSPS) is 66.9. The van der Waals surface area contributed by atoms with Crippen LogP contribution in [0.4, 0.5) is 0 Å². The summed E-state index contributed by atoms with van der Waals surface area (Å²) in [6, 6.07) is 0. The van der Waals surface area contributed by atoms with Crippen molar-refractivity contribution in [2.45, 2.75) is 45.9 Å². The second-order valence-corrected chi connectivity index (χ2v) is 3.85. The Bertz CT molecular complexity index is 199. The van der Waals surface area contributed by atoms with Crippen LogP contribution in [0.3, 0.4) is 0 Å². The molecular formula is C11H20. The van der Waals surface area contributed by atoms with Gasteiger partial charge in [-0.05, 0) is 42.9 Å². The van der Waals surface area contributed by atoms with Crippen LogP contribution >= 0.6 is 0 Å². The molecule has 64 valence electrons. The smallest absolute Gasteiger partial charge is 0.0272 e. The summed E-state index contributed by atoms with van der Waals surface area (Å²) in [5.41, 5.74) is 0. The number of rotatable bonds is 2. The zero-order valence-electron chi connectivity index (χ0n) is 11.0. The minimum atomic E-state index is -0.0431. The van der Waals surface area contributed by atoms with Gasteiger partial charge in [0, 0.05) is 5.48 Å². The number of fused-ring (bicyclic) bond motifs is 2. The minimum Gasteiger partial charge on any atom is -0.0651 e. The Labute approximate surface area is 76.0 Å². The Morgan fingerprint density at radius 3 is 2.18 bits per heavy atom. The molecule has 0 amide bonds. The molecule has 6 atom stereocenters. The van der Waals surface area contributed by atoms with Crippen molar-refractivity contribution in [3.63, 3.8) is 0 Å². The molecule has 0 N–H and O–H groups in total. The lowest BCUT2D eigenvalue weighted by atomic mass is 9.80. The molecule has 0 aliphatic heterocycles. The van der Waals surface area contributed by atoms with E-state index >= 15 is 0 Å². The third-order valence-corrected chi connectivity index (χ3v) is 3.30. The van der Waals surface area contributed by atoms with Crippen LogP contribution in [0.5, 0.6) is 0 Å². The number of hydrogen-bond donors (Lipinski definition) is 0. The van der Waals surface area contributed by atoms with E-state index in [0.717, 1.165) is 19.3 Å². The molecule has 0 saturated heterocycles. The fraction of sp³-hybridized carbons (Fsp3) is 1.00. The van der Waals surface area contributed by atoms with Crippen molar-refractivity contribution in [1.82, 2.24) is 0 Å². The molecule has 2 rings (SSSR count). The van der Waals surface area contributed by atoms with Gasteiger partial charge < -0.3 is 0 Å². The molecule has 2 bridgehead atoms. The van der Waals surface area contributed by atoms with E-state index in [-0.39, 0.29) is 12.8 Å². The summed E-state index contributed by atoms with van der Waals surface area (Å²) in [4.78, 5) is 0. The van der Waals surface area contributed by atoms with Crippen LogP contribution in [0.1, 0.15) is 51.3 Å². The van der Waals surface area contributed by atoms with Gasteiger partial charge in [-0.25, -0.2) is 0 Å². The molecule has 0 heterocycles. The van der Waals surface area contributed by atoms with Crippen molar-refractivity contribution in [3.8, 4) is 0 Å². The van der Waals surface area contributed by atoms with E-state index in [9.17, 15) is 0 Å². The second kappa shape index (κ2) is 2.80. The van der Waals surface area contributed by atoms with Gasteiger partial charge in [0.2, 0.25) is 0 Å². The Balaban J connectivity index is 2.05. The van der Waals surface area contributed by atoms with E-state index in [4.69, 9.17) is 5.48 Å². The highest BCUT2D eigenvalue weighted by Crippen LogP contribution is 2.53. The van der Waals surface area contributed by atoms with E-state index in [1.165, 1.54) is 0 Å². The van der Waals surface area contributed by atoms with Crippen molar-refractivity contribution in [1.29, 1.82) is 0 Å². The Morgan fingerprint density at radius 1 is 1.18 bits per heavy atom. The van der Waals surface area contributed by atoms with E-state index in [0.29, 0.717) is 37.5 Å². The van der Waals surface area contributed by atoms with Gasteiger partial charge >= 0.3 is 0 Å². The maximum Gasteiger partial charge on any atom is 0.0272 e.